The highest BCUT2D eigenvalue weighted by Gasteiger charge is 2.35. The first-order valence-electron chi connectivity index (χ1n) is 7.62. The SMILES string of the molecule is CC(C)n1ccc(CN(C)C2CC3CCC(C2)N3)n1. The molecule has 106 valence electrons. The van der Waals surface area contributed by atoms with Gasteiger partial charge in [-0.2, -0.15) is 5.10 Å². The highest BCUT2D eigenvalue weighted by atomic mass is 15.3. The van der Waals surface area contributed by atoms with Crippen molar-refractivity contribution in [2.24, 2.45) is 0 Å². The Morgan fingerprint density at radius 3 is 2.63 bits per heavy atom. The summed E-state index contributed by atoms with van der Waals surface area (Å²) in [5.74, 6) is 0. The van der Waals surface area contributed by atoms with Gasteiger partial charge in [-0.05, 0) is 52.6 Å². The van der Waals surface area contributed by atoms with Crippen LogP contribution in [0.5, 0.6) is 0 Å². The van der Waals surface area contributed by atoms with Crippen LogP contribution in [-0.2, 0) is 6.54 Å². The lowest BCUT2D eigenvalue weighted by Gasteiger charge is -2.35. The summed E-state index contributed by atoms with van der Waals surface area (Å²) in [5, 5.41) is 8.37. The van der Waals surface area contributed by atoms with Crippen molar-refractivity contribution in [2.75, 3.05) is 7.05 Å². The average Bonchev–Trinajstić information content (AvgIpc) is 2.96. The molecule has 0 aromatic carbocycles. The zero-order valence-corrected chi connectivity index (χ0v) is 12.3. The standard InChI is InChI=1S/C15H26N4/c1-11(2)19-7-6-14(17-19)10-18(3)15-8-12-4-5-13(9-15)16-12/h6-7,11-13,15-16H,4-5,8-10H2,1-3H3. The lowest BCUT2D eigenvalue weighted by Crippen LogP contribution is -2.46. The van der Waals surface area contributed by atoms with Crippen LogP contribution in [0.1, 0.15) is 51.3 Å². The predicted molar refractivity (Wildman–Crippen MR) is 77.0 cm³/mol. The monoisotopic (exact) mass is 262 g/mol. The van der Waals surface area contributed by atoms with Crippen molar-refractivity contribution in [2.45, 2.75) is 70.2 Å². The van der Waals surface area contributed by atoms with E-state index in [0.29, 0.717) is 6.04 Å². The second kappa shape index (κ2) is 5.25. The van der Waals surface area contributed by atoms with Crippen molar-refractivity contribution in [1.29, 1.82) is 0 Å². The molecular formula is C15H26N4. The van der Waals surface area contributed by atoms with Gasteiger partial charge in [0.15, 0.2) is 0 Å². The Hall–Kier alpha value is -0.870. The van der Waals surface area contributed by atoms with E-state index in [1.54, 1.807) is 0 Å². The summed E-state index contributed by atoms with van der Waals surface area (Å²) in [6, 6.07) is 4.86. The normalized spacial score (nSPS) is 30.5. The van der Waals surface area contributed by atoms with Crippen molar-refractivity contribution in [3.63, 3.8) is 0 Å². The van der Waals surface area contributed by atoms with Crippen LogP contribution in [0.25, 0.3) is 0 Å². The van der Waals surface area contributed by atoms with Crippen molar-refractivity contribution in [3.05, 3.63) is 18.0 Å². The Morgan fingerprint density at radius 1 is 1.37 bits per heavy atom. The van der Waals surface area contributed by atoms with Gasteiger partial charge in [0.1, 0.15) is 0 Å². The van der Waals surface area contributed by atoms with E-state index < -0.39 is 0 Å². The van der Waals surface area contributed by atoms with E-state index in [4.69, 9.17) is 0 Å². The topological polar surface area (TPSA) is 33.1 Å². The van der Waals surface area contributed by atoms with Crippen molar-refractivity contribution in [3.8, 4) is 0 Å². The molecule has 19 heavy (non-hydrogen) atoms. The van der Waals surface area contributed by atoms with Gasteiger partial charge >= 0.3 is 0 Å². The smallest absolute Gasteiger partial charge is 0.0764 e. The zero-order chi connectivity index (χ0) is 13.4. The average molecular weight is 262 g/mol. The molecular weight excluding hydrogens is 236 g/mol. The lowest BCUT2D eigenvalue weighted by molar-refractivity contribution is 0.164. The van der Waals surface area contributed by atoms with Gasteiger partial charge in [-0.3, -0.25) is 9.58 Å². The van der Waals surface area contributed by atoms with Crippen LogP contribution in [0.2, 0.25) is 0 Å². The molecule has 3 rings (SSSR count). The number of fused-ring (bicyclic) bond motifs is 2. The predicted octanol–water partition coefficient (Wildman–Crippen LogP) is 2.18. The van der Waals surface area contributed by atoms with E-state index in [-0.39, 0.29) is 0 Å². The van der Waals surface area contributed by atoms with Crippen molar-refractivity contribution < 1.29 is 0 Å². The van der Waals surface area contributed by atoms with Crippen molar-refractivity contribution >= 4 is 0 Å². The Morgan fingerprint density at radius 2 is 2.05 bits per heavy atom. The summed E-state index contributed by atoms with van der Waals surface area (Å²) in [4.78, 5) is 2.50. The van der Waals surface area contributed by atoms with Crippen LogP contribution in [0.4, 0.5) is 0 Å². The molecule has 1 N–H and O–H groups in total. The molecule has 4 heteroatoms. The highest BCUT2D eigenvalue weighted by Crippen LogP contribution is 2.29. The minimum atomic E-state index is 0.453. The number of hydrogen-bond acceptors (Lipinski definition) is 3. The quantitative estimate of drug-likeness (QED) is 0.903. The molecule has 1 aromatic rings. The summed E-state index contributed by atoms with van der Waals surface area (Å²) >= 11 is 0. The molecule has 2 fully saturated rings. The molecule has 1 aromatic heterocycles. The lowest BCUT2D eigenvalue weighted by atomic mass is 9.98. The molecule has 0 radical (unpaired) electrons. The molecule has 2 unspecified atom stereocenters. The minimum Gasteiger partial charge on any atom is -0.311 e. The molecule has 4 nitrogen and oxygen atoms in total. The van der Waals surface area contributed by atoms with E-state index in [9.17, 15) is 0 Å². The van der Waals surface area contributed by atoms with Gasteiger partial charge in [0.25, 0.3) is 0 Å². The highest BCUT2D eigenvalue weighted by molar-refractivity contribution is 5.01. The van der Waals surface area contributed by atoms with Crippen LogP contribution in [-0.4, -0.2) is 39.9 Å². The number of nitrogens with zero attached hydrogens (tertiary/aromatic N) is 3. The number of nitrogens with one attached hydrogen (secondary N) is 1. The summed E-state index contributed by atoms with van der Waals surface area (Å²) in [7, 11) is 2.25. The van der Waals surface area contributed by atoms with Gasteiger partial charge in [-0.15, -0.1) is 0 Å². The van der Waals surface area contributed by atoms with Crippen molar-refractivity contribution in [1.82, 2.24) is 20.0 Å². The Bertz CT molecular complexity index is 414. The van der Waals surface area contributed by atoms with Crippen LogP contribution < -0.4 is 5.32 Å². The van der Waals surface area contributed by atoms with E-state index >= 15 is 0 Å². The first kappa shape index (κ1) is 13.1. The maximum absolute atomic E-state index is 4.66. The zero-order valence-electron chi connectivity index (χ0n) is 12.3. The van der Waals surface area contributed by atoms with Gasteiger partial charge in [0.05, 0.1) is 5.69 Å². The third-order valence-corrected chi connectivity index (χ3v) is 4.68. The Balaban J connectivity index is 1.59. The van der Waals surface area contributed by atoms with Crippen LogP contribution >= 0.6 is 0 Å². The summed E-state index contributed by atoms with van der Waals surface area (Å²) in [5.41, 5.74) is 1.20. The van der Waals surface area contributed by atoms with E-state index in [1.165, 1.54) is 31.4 Å². The fourth-order valence-corrected chi connectivity index (χ4v) is 3.52. The summed E-state index contributed by atoms with van der Waals surface area (Å²) in [6.07, 6.45) is 7.45. The summed E-state index contributed by atoms with van der Waals surface area (Å²) < 4.78 is 2.05. The largest absolute Gasteiger partial charge is 0.311 e. The molecule has 2 saturated heterocycles. The van der Waals surface area contributed by atoms with E-state index in [1.807, 2.05) is 0 Å². The summed E-state index contributed by atoms with van der Waals surface area (Å²) in [6.45, 7) is 5.32. The number of hydrogen-bond donors (Lipinski definition) is 1. The van der Waals surface area contributed by atoms with Gasteiger partial charge in [-0.1, -0.05) is 0 Å². The third-order valence-electron chi connectivity index (χ3n) is 4.68. The van der Waals surface area contributed by atoms with E-state index in [2.05, 4.69) is 53.2 Å². The molecule has 0 spiro atoms. The molecule has 0 saturated carbocycles. The Kier molecular flexibility index (Phi) is 3.63. The van der Waals surface area contributed by atoms with Crippen LogP contribution in [0, 0.1) is 0 Å². The molecule has 2 aliphatic rings. The first-order valence-corrected chi connectivity index (χ1v) is 7.62. The fourth-order valence-electron chi connectivity index (χ4n) is 3.52. The maximum Gasteiger partial charge on any atom is 0.0764 e. The second-order valence-electron chi connectivity index (χ2n) is 6.56. The molecule has 3 heterocycles. The van der Waals surface area contributed by atoms with Crippen LogP contribution in [0.15, 0.2) is 12.3 Å². The minimum absolute atomic E-state index is 0.453. The number of rotatable bonds is 4. The Labute approximate surface area is 116 Å². The van der Waals surface area contributed by atoms with E-state index in [0.717, 1.165) is 24.7 Å². The fraction of sp³-hybridized carbons (Fsp3) is 0.800. The first-order chi connectivity index (χ1) is 9.11. The molecule has 2 atom stereocenters. The van der Waals surface area contributed by atoms with Gasteiger partial charge in [0, 0.05) is 36.9 Å². The molecule has 0 aliphatic carbocycles. The van der Waals surface area contributed by atoms with Gasteiger partial charge in [-0.25, -0.2) is 0 Å². The number of piperidine rings is 1. The second-order valence-corrected chi connectivity index (χ2v) is 6.56. The third kappa shape index (κ3) is 2.84. The molecule has 2 bridgehead atoms. The van der Waals surface area contributed by atoms with Gasteiger partial charge < -0.3 is 5.32 Å². The molecule has 0 amide bonds. The maximum atomic E-state index is 4.66. The van der Waals surface area contributed by atoms with Gasteiger partial charge in [0.2, 0.25) is 0 Å². The number of aromatic nitrogens is 2. The van der Waals surface area contributed by atoms with Crippen LogP contribution in [0.3, 0.4) is 0 Å². The molecule has 2 aliphatic heterocycles.